The topological polar surface area (TPSA) is 100 Å². The van der Waals surface area contributed by atoms with Crippen LogP contribution in [0.1, 0.15) is 19.4 Å². The van der Waals surface area contributed by atoms with E-state index in [0.717, 1.165) is 4.79 Å². The predicted octanol–water partition coefficient (Wildman–Crippen LogP) is 1.59. The summed E-state index contributed by atoms with van der Waals surface area (Å²) in [6.45, 7) is 3.82. The van der Waals surface area contributed by atoms with Crippen LogP contribution in [-0.4, -0.2) is 39.7 Å². The van der Waals surface area contributed by atoms with E-state index in [-0.39, 0.29) is 12.1 Å². The average molecular weight is 311 g/mol. The maximum Gasteiger partial charge on any atom is 0.263 e. The van der Waals surface area contributed by atoms with Gasteiger partial charge >= 0.3 is 0 Å². The van der Waals surface area contributed by atoms with Crippen molar-refractivity contribution in [1.29, 1.82) is 0 Å². The Labute approximate surface area is 126 Å². The van der Waals surface area contributed by atoms with Crippen LogP contribution in [-0.2, 0) is 0 Å². The number of nitrogens with zero attached hydrogens (tertiary/aromatic N) is 5. The highest BCUT2D eigenvalue weighted by molar-refractivity contribution is 6.32. The summed E-state index contributed by atoms with van der Waals surface area (Å²) in [6.07, 6.45) is 1.50. The van der Waals surface area contributed by atoms with Crippen LogP contribution in [0.5, 0.6) is 11.5 Å². The first-order valence-corrected chi connectivity index (χ1v) is 6.51. The van der Waals surface area contributed by atoms with Gasteiger partial charge in [0.1, 0.15) is 0 Å². The predicted molar refractivity (Wildman–Crippen MR) is 79.0 cm³/mol. The zero-order valence-electron chi connectivity index (χ0n) is 11.8. The number of benzene rings is 1. The Balaban J connectivity index is 2.32. The Bertz CT molecular complexity index is 655. The summed E-state index contributed by atoms with van der Waals surface area (Å²) in [5, 5.41) is 14.9. The van der Waals surface area contributed by atoms with Gasteiger partial charge < -0.3 is 15.2 Å². The SMILES string of the molecule is COc1cc(/C=N/n2nnnc2N)cc(Cl)c1OC(C)C. The molecule has 0 aliphatic rings. The molecule has 0 radical (unpaired) electrons. The molecule has 0 saturated heterocycles. The number of aromatic nitrogens is 4. The van der Waals surface area contributed by atoms with E-state index in [2.05, 4.69) is 20.6 Å². The second-order valence-electron chi connectivity index (χ2n) is 4.37. The molecular formula is C12H15ClN6O2. The molecule has 112 valence electrons. The number of nitrogen functional groups attached to an aromatic ring is 1. The second-order valence-corrected chi connectivity index (χ2v) is 4.78. The van der Waals surface area contributed by atoms with Gasteiger partial charge in [0.05, 0.1) is 24.5 Å². The van der Waals surface area contributed by atoms with Crippen molar-refractivity contribution in [3.8, 4) is 11.5 Å². The van der Waals surface area contributed by atoms with E-state index < -0.39 is 0 Å². The summed E-state index contributed by atoms with van der Waals surface area (Å²) < 4.78 is 10.9. The third-order valence-corrected chi connectivity index (χ3v) is 2.68. The lowest BCUT2D eigenvalue weighted by Gasteiger charge is -2.15. The molecule has 8 nitrogen and oxygen atoms in total. The molecular weight excluding hydrogens is 296 g/mol. The molecule has 21 heavy (non-hydrogen) atoms. The minimum absolute atomic E-state index is 0.0167. The van der Waals surface area contributed by atoms with Gasteiger partial charge in [-0.25, -0.2) is 0 Å². The number of hydrogen-bond donors (Lipinski definition) is 1. The lowest BCUT2D eigenvalue weighted by atomic mass is 10.2. The Morgan fingerprint density at radius 2 is 2.19 bits per heavy atom. The van der Waals surface area contributed by atoms with E-state index >= 15 is 0 Å². The highest BCUT2D eigenvalue weighted by Gasteiger charge is 2.13. The van der Waals surface area contributed by atoms with E-state index in [0.29, 0.717) is 22.1 Å². The zero-order valence-corrected chi connectivity index (χ0v) is 12.6. The van der Waals surface area contributed by atoms with Crippen molar-refractivity contribution in [1.82, 2.24) is 20.3 Å². The molecule has 9 heteroatoms. The molecule has 0 unspecified atom stereocenters. The van der Waals surface area contributed by atoms with Crippen molar-refractivity contribution >= 4 is 23.8 Å². The van der Waals surface area contributed by atoms with Crippen LogP contribution in [0.4, 0.5) is 5.95 Å². The maximum absolute atomic E-state index is 6.21. The smallest absolute Gasteiger partial charge is 0.263 e. The monoisotopic (exact) mass is 310 g/mol. The first-order valence-electron chi connectivity index (χ1n) is 6.13. The molecule has 2 N–H and O–H groups in total. The molecule has 0 spiro atoms. The van der Waals surface area contributed by atoms with Gasteiger partial charge in [-0.1, -0.05) is 21.5 Å². The fourth-order valence-electron chi connectivity index (χ4n) is 1.56. The molecule has 0 saturated carbocycles. The Kier molecular flexibility index (Phi) is 4.59. The average Bonchev–Trinajstić information content (AvgIpc) is 2.84. The molecule has 1 aromatic carbocycles. The molecule has 0 bridgehead atoms. The maximum atomic E-state index is 6.21. The summed E-state index contributed by atoms with van der Waals surface area (Å²) in [7, 11) is 1.54. The first-order chi connectivity index (χ1) is 10.0. The van der Waals surface area contributed by atoms with Crippen molar-refractivity contribution in [2.45, 2.75) is 20.0 Å². The highest BCUT2D eigenvalue weighted by Crippen LogP contribution is 2.36. The zero-order chi connectivity index (χ0) is 15.4. The number of rotatable bonds is 5. The number of methoxy groups -OCH3 is 1. The molecule has 0 aliphatic carbocycles. The van der Waals surface area contributed by atoms with Crippen LogP contribution >= 0.6 is 11.6 Å². The Morgan fingerprint density at radius 1 is 1.43 bits per heavy atom. The standard InChI is InChI=1S/C12H15ClN6O2/c1-7(2)21-11-9(13)4-8(5-10(11)20-3)6-15-19-12(14)16-17-18-19/h4-7H,1-3H3,(H2,14,16,18)/b15-6+. The molecule has 2 aromatic rings. The van der Waals surface area contributed by atoms with E-state index in [1.807, 2.05) is 13.8 Å². The molecule has 1 heterocycles. The number of ether oxygens (including phenoxy) is 2. The van der Waals surface area contributed by atoms with Gasteiger partial charge in [-0.2, -0.15) is 5.10 Å². The van der Waals surface area contributed by atoms with Crippen molar-refractivity contribution < 1.29 is 9.47 Å². The number of halogens is 1. The highest BCUT2D eigenvalue weighted by atomic mass is 35.5. The van der Waals surface area contributed by atoms with E-state index in [9.17, 15) is 0 Å². The van der Waals surface area contributed by atoms with Crippen LogP contribution in [0.15, 0.2) is 17.2 Å². The third kappa shape index (κ3) is 3.60. The molecule has 0 atom stereocenters. The summed E-state index contributed by atoms with van der Waals surface area (Å²) in [4.78, 5) is 1.10. The summed E-state index contributed by atoms with van der Waals surface area (Å²) in [5.41, 5.74) is 6.21. The third-order valence-electron chi connectivity index (χ3n) is 2.40. The normalized spacial score (nSPS) is 11.3. The molecule has 0 aliphatic heterocycles. The van der Waals surface area contributed by atoms with Gasteiger partial charge in [-0.3, -0.25) is 0 Å². The minimum Gasteiger partial charge on any atom is -0.493 e. The van der Waals surface area contributed by atoms with Crippen molar-refractivity contribution in [2.75, 3.05) is 12.8 Å². The van der Waals surface area contributed by atoms with Gasteiger partial charge in [0, 0.05) is 5.56 Å². The summed E-state index contributed by atoms with van der Waals surface area (Å²) >= 11 is 6.21. The number of hydrogen-bond acceptors (Lipinski definition) is 7. The van der Waals surface area contributed by atoms with Gasteiger partial charge in [0.15, 0.2) is 11.5 Å². The minimum atomic E-state index is -0.0167. The lowest BCUT2D eigenvalue weighted by molar-refractivity contribution is 0.230. The van der Waals surface area contributed by atoms with Crippen LogP contribution in [0.25, 0.3) is 0 Å². The lowest BCUT2D eigenvalue weighted by Crippen LogP contribution is -2.07. The van der Waals surface area contributed by atoms with Crippen LogP contribution in [0, 0.1) is 0 Å². The number of tetrazole rings is 1. The van der Waals surface area contributed by atoms with E-state index in [4.69, 9.17) is 26.8 Å². The summed E-state index contributed by atoms with van der Waals surface area (Å²) in [5.74, 6) is 1.10. The second kappa shape index (κ2) is 6.40. The quantitative estimate of drug-likeness (QED) is 0.842. The van der Waals surface area contributed by atoms with Gasteiger partial charge in [0.25, 0.3) is 5.95 Å². The van der Waals surface area contributed by atoms with Crippen LogP contribution < -0.4 is 15.2 Å². The van der Waals surface area contributed by atoms with Gasteiger partial charge in [0.2, 0.25) is 0 Å². The molecule has 1 aromatic heterocycles. The van der Waals surface area contributed by atoms with Gasteiger partial charge in [-0.05, 0) is 36.4 Å². The van der Waals surface area contributed by atoms with Crippen molar-refractivity contribution in [3.63, 3.8) is 0 Å². The van der Waals surface area contributed by atoms with Gasteiger partial charge in [-0.15, -0.1) is 0 Å². The first kappa shape index (κ1) is 15.0. The molecule has 0 amide bonds. The fourth-order valence-corrected chi connectivity index (χ4v) is 1.82. The van der Waals surface area contributed by atoms with Crippen LogP contribution in [0.2, 0.25) is 5.02 Å². The molecule has 2 rings (SSSR count). The van der Waals surface area contributed by atoms with Crippen LogP contribution in [0.3, 0.4) is 0 Å². The van der Waals surface area contributed by atoms with E-state index in [1.165, 1.54) is 6.21 Å². The Morgan fingerprint density at radius 3 is 2.76 bits per heavy atom. The number of anilines is 1. The van der Waals surface area contributed by atoms with Crippen molar-refractivity contribution in [2.24, 2.45) is 5.10 Å². The fraction of sp³-hybridized carbons (Fsp3) is 0.333. The summed E-state index contributed by atoms with van der Waals surface area (Å²) in [6, 6.07) is 3.44. The van der Waals surface area contributed by atoms with Crippen molar-refractivity contribution in [3.05, 3.63) is 22.7 Å². The van der Waals surface area contributed by atoms with E-state index in [1.54, 1.807) is 19.2 Å². The molecule has 0 fully saturated rings. The Hall–Kier alpha value is -2.35. The largest absolute Gasteiger partial charge is 0.493 e. The number of nitrogens with two attached hydrogens (primary N) is 1.